The summed E-state index contributed by atoms with van der Waals surface area (Å²) in [7, 11) is -3.61. The van der Waals surface area contributed by atoms with Crippen LogP contribution in [0.1, 0.15) is 44.2 Å². The number of rotatable bonds is 12. The highest BCUT2D eigenvalue weighted by Crippen LogP contribution is 2.34. The van der Waals surface area contributed by atoms with E-state index in [2.05, 4.69) is 5.32 Å². The van der Waals surface area contributed by atoms with Crippen molar-refractivity contribution in [3.63, 3.8) is 0 Å². The molecule has 0 spiro atoms. The van der Waals surface area contributed by atoms with Gasteiger partial charge in [-0.05, 0) is 44.4 Å². The van der Waals surface area contributed by atoms with Crippen molar-refractivity contribution in [1.82, 2.24) is 10.2 Å². The first-order valence-electron chi connectivity index (χ1n) is 12.6. The number of fused-ring (bicyclic) bond motifs is 1. The molecule has 1 atom stereocenters. The van der Waals surface area contributed by atoms with Crippen LogP contribution in [0.15, 0.2) is 42.5 Å². The number of nitrogens with zero attached hydrogens (tertiary/aromatic N) is 2. The van der Waals surface area contributed by atoms with Crippen LogP contribution in [0.5, 0.6) is 11.5 Å². The van der Waals surface area contributed by atoms with E-state index in [-0.39, 0.29) is 37.7 Å². The summed E-state index contributed by atoms with van der Waals surface area (Å²) >= 11 is 0. The number of benzene rings is 2. The minimum atomic E-state index is -3.61. The molecule has 0 saturated heterocycles. The SMILES string of the molecule is CCCNC(=O)C(C)N(Cc1ccc(C)cc1)C(=O)CCCN(c1ccc2c(c1)OCCO2)S(C)(=O)=O. The van der Waals surface area contributed by atoms with Crippen LogP contribution in [0.2, 0.25) is 0 Å². The Balaban J connectivity index is 1.72. The van der Waals surface area contributed by atoms with E-state index in [0.29, 0.717) is 36.9 Å². The number of sulfonamides is 1. The van der Waals surface area contributed by atoms with Crippen molar-refractivity contribution in [2.24, 2.45) is 0 Å². The van der Waals surface area contributed by atoms with Crippen LogP contribution in [0, 0.1) is 6.92 Å². The first kappa shape index (κ1) is 28.3. The van der Waals surface area contributed by atoms with Gasteiger partial charge < -0.3 is 19.7 Å². The molecular weight excluding hydrogens is 494 g/mol. The summed E-state index contributed by atoms with van der Waals surface area (Å²) in [4.78, 5) is 27.6. The fraction of sp³-hybridized carbons (Fsp3) is 0.481. The molecule has 2 aromatic carbocycles. The highest BCUT2D eigenvalue weighted by molar-refractivity contribution is 7.92. The average molecular weight is 532 g/mol. The fourth-order valence-electron chi connectivity index (χ4n) is 4.06. The Hall–Kier alpha value is -3.27. The lowest BCUT2D eigenvalue weighted by Crippen LogP contribution is -2.47. The van der Waals surface area contributed by atoms with Gasteiger partial charge in [0.05, 0.1) is 11.9 Å². The second-order valence-corrected chi connectivity index (χ2v) is 11.1. The molecule has 0 fully saturated rings. The maximum Gasteiger partial charge on any atom is 0.242 e. The molecule has 2 amide bonds. The average Bonchev–Trinajstić information content (AvgIpc) is 2.87. The molecule has 10 heteroatoms. The number of amides is 2. The van der Waals surface area contributed by atoms with Crippen LogP contribution in [-0.2, 0) is 26.2 Å². The summed E-state index contributed by atoms with van der Waals surface area (Å²) in [6.45, 7) is 7.45. The monoisotopic (exact) mass is 531 g/mol. The van der Waals surface area contributed by atoms with Crippen LogP contribution in [0.4, 0.5) is 5.69 Å². The van der Waals surface area contributed by atoms with Gasteiger partial charge in [0, 0.05) is 32.1 Å². The summed E-state index contributed by atoms with van der Waals surface area (Å²) in [6, 6.07) is 12.2. The number of nitrogens with one attached hydrogen (secondary N) is 1. The Bertz CT molecular complexity index is 1180. The lowest BCUT2D eigenvalue weighted by Gasteiger charge is -2.29. The fourth-order valence-corrected chi connectivity index (χ4v) is 5.02. The van der Waals surface area contributed by atoms with Gasteiger partial charge in [-0.25, -0.2) is 8.42 Å². The lowest BCUT2D eigenvalue weighted by atomic mass is 10.1. The zero-order chi connectivity index (χ0) is 27.0. The third-order valence-corrected chi connectivity index (χ3v) is 7.35. The predicted molar refractivity (Wildman–Crippen MR) is 143 cm³/mol. The lowest BCUT2D eigenvalue weighted by molar-refractivity contribution is -0.140. The third-order valence-electron chi connectivity index (χ3n) is 6.16. The summed E-state index contributed by atoms with van der Waals surface area (Å²) in [5.41, 5.74) is 2.47. The molecule has 1 aliphatic rings. The summed E-state index contributed by atoms with van der Waals surface area (Å²) < 4.78 is 37.6. The van der Waals surface area contributed by atoms with Gasteiger partial charge in [0.15, 0.2) is 11.5 Å². The number of hydrogen-bond donors (Lipinski definition) is 1. The maximum absolute atomic E-state index is 13.3. The number of aryl methyl sites for hydroxylation is 1. The largest absolute Gasteiger partial charge is 0.486 e. The number of hydrogen-bond acceptors (Lipinski definition) is 6. The third kappa shape index (κ3) is 7.85. The Morgan fingerprint density at radius 1 is 1.05 bits per heavy atom. The van der Waals surface area contributed by atoms with Crippen molar-refractivity contribution in [3.05, 3.63) is 53.6 Å². The topological polar surface area (TPSA) is 105 Å². The van der Waals surface area contributed by atoms with E-state index < -0.39 is 16.1 Å². The molecule has 37 heavy (non-hydrogen) atoms. The molecule has 1 heterocycles. The van der Waals surface area contributed by atoms with Gasteiger partial charge in [-0.15, -0.1) is 0 Å². The molecule has 9 nitrogen and oxygen atoms in total. The van der Waals surface area contributed by atoms with Crippen LogP contribution < -0.4 is 19.1 Å². The first-order chi connectivity index (χ1) is 17.6. The van der Waals surface area contributed by atoms with Gasteiger partial charge in [0.1, 0.15) is 19.3 Å². The number of anilines is 1. The van der Waals surface area contributed by atoms with E-state index in [1.54, 1.807) is 30.0 Å². The van der Waals surface area contributed by atoms with Gasteiger partial charge in [-0.3, -0.25) is 13.9 Å². The minimum Gasteiger partial charge on any atom is -0.486 e. The van der Waals surface area contributed by atoms with Crippen molar-refractivity contribution in [2.75, 3.05) is 36.9 Å². The zero-order valence-corrected chi connectivity index (χ0v) is 22.8. The van der Waals surface area contributed by atoms with E-state index >= 15 is 0 Å². The molecule has 0 saturated carbocycles. The van der Waals surface area contributed by atoms with Gasteiger partial charge >= 0.3 is 0 Å². The first-order valence-corrected chi connectivity index (χ1v) is 14.4. The molecule has 0 radical (unpaired) electrons. The van der Waals surface area contributed by atoms with Crippen molar-refractivity contribution < 1.29 is 27.5 Å². The quantitative estimate of drug-likeness (QED) is 0.451. The second kappa shape index (κ2) is 12.8. The summed E-state index contributed by atoms with van der Waals surface area (Å²) in [5, 5.41) is 2.86. The Morgan fingerprint density at radius 2 is 1.73 bits per heavy atom. The molecule has 1 N–H and O–H groups in total. The minimum absolute atomic E-state index is 0.0911. The van der Waals surface area contributed by atoms with Gasteiger partial charge in [0.2, 0.25) is 21.8 Å². The van der Waals surface area contributed by atoms with Gasteiger partial charge in [0.25, 0.3) is 0 Å². The normalized spacial score (nSPS) is 13.5. The van der Waals surface area contributed by atoms with Crippen molar-refractivity contribution in [3.8, 4) is 11.5 Å². The molecule has 1 unspecified atom stereocenters. The summed E-state index contributed by atoms with van der Waals surface area (Å²) in [6.07, 6.45) is 2.31. The molecule has 0 aliphatic carbocycles. The molecule has 2 aromatic rings. The van der Waals surface area contributed by atoms with Crippen molar-refractivity contribution in [1.29, 1.82) is 0 Å². The van der Waals surface area contributed by atoms with Crippen molar-refractivity contribution >= 4 is 27.5 Å². The maximum atomic E-state index is 13.3. The highest BCUT2D eigenvalue weighted by atomic mass is 32.2. The zero-order valence-electron chi connectivity index (χ0n) is 22.0. The summed E-state index contributed by atoms with van der Waals surface area (Å²) in [5.74, 6) is 0.636. The Labute approximate surface area is 219 Å². The number of carbonyl (C=O) groups excluding carboxylic acids is 2. The molecule has 3 rings (SSSR count). The van der Waals surface area contributed by atoms with Crippen molar-refractivity contribution in [2.45, 2.75) is 52.6 Å². The molecule has 0 bridgehead atoms. The van der Waals surface area contributed by atoms with Crippen LogP contribution in [0.3, 0.4) is 0 Å². The van der Waals surface area contributed by atoms with Crippen LogP contribution in [0.25, 0.3) is 0 Å². The Kier molecular flexibility index (Phi) is 9.79. The molecule has 202 valence electrons. The van der Waals surface area contributed by atoms with E-state index in [9.17, 15) is 18.0 Å². The van der Waals surface area contributed by atoms with E-state index in [1.165, 1.54) is 4.31 Å². The molecular formula is C27H37N3O6S. The van der Waals surface area contributed by atoms with E-state index in [4.69, 9.17) is 9.47 Å². The number of ether oxygens (including phenoxy) is 2. The van der Waals surface area contributed by atoms with Gasteiger partial charge in [-0.1, -0.05) is 36.8 Å². The van der Waals surface area contributed by atoms with Crippen LogP contribution >= 0.6 is 0 Å². The van der Waals surface area contributed by atoms with Gasteiger partial charge in [-0.2, -0.15) is 0 Å². The molecule has 1 aliphatic heterocycles. The smallest absolute Gasteiger partial charge is 0.242 e. The van der Waals surface area contributed by atoms with E-state index in [1.807, 2.05) is 38.1 Å². The second-order valence-electron chi connectivity index (χ2n) is 9.24. The molecule has 0 aromatic heterocycles. The van der Waals surface area contributed by atoms with Crippen LogP contribution in [-0.4, -0.2) is 63.7 Å². The van der Waals surface area contributed by atoms with E-state index in [0.717, 1.165) is 23.8 Å². The number of carbonyl (C=O) groups is 2. The predicted octanol–water partition coefficient (Wildman–Crippen LogP) is 3.26. The Morgan fingerprint density at radius 3 is 2.38 bits per heavy atom. The highest BCUT2D eigenvalue weighted by Gasteiger charge is 2.27. The standard InChI is InChI=1S/C27H37N3O6S/c1-5-14-28-27(32)21(3)29(19-22-10-8-20(2)9-11-22)26(31)7-6-15-30(37(4,33)34)23-12-13-24-25(18-23)36-17-16-35-24/h8-13,18,21H,5-7,14-17,19H2,1-4H3,(H,28,32).